The highest BCUT2D eigenvalue weighted by Crippen LogP contribution is 2.54. The molecule has 63 heavy (non-hydrogen) atoms. The van der Waals surface area contributed by atoms with Crippen LogP contribution < -0.4 is 0 Å². The molecule has 11 aromatic rings. The summed E-state index contributed by atoms with van der Waals surface area (Å²) >= 11 is 1.95. The van der Waals surface area contributed by atoms with Crippen molar-refractivity contribution in [2.75, 3.05) is 0 Å². The molecule has 0 N–H and O–H groups in total. The van der Waals surface area contributed by atoms with Gasteiger partial charge in [0.05, 0.1) is 0 Å². The van der Waals surface area contributed by atoms with Crippen molar-refractivity contribution in [3.8, 4) is 11.1 Å². The van der Waals surface area contributed by atoms with E-state index in [2.05, 4.69) is 215 Å². The van der Waals surface area contributed by atoms with E-state index in [4.69, 9.17) is 0 Å². The Morgan fingerprint density at radius 1 is 0.524 bits per heavy atom. The molecule has 1 aromatic heterocycles. The van der Waals surface area contributed by atoms with Gasteiger partial charge in [-0.3, -0.25) is 0 Å². The van der Waals surface area contributed by atoms with Crippen LogP contribution in [-0.2, 0) is 18.3 Å². The molecular weight excluding hydrogens is 777 g/mol. The summed E-state index contributed by atoms with van der Waals surface area (Å²) in [6.45, 7) is 6.95. The second-order valence-corrected chi connectivity index (χ2v) is 18.9. The highest BCUT2D eigenvalue weighted by molar-refractivity contribution is 7.27. The van der Waals surface area contributed by atoms with Crippen LogP contribution in [0.25, 0.3) is 87.4 Å². The Morgan fingerprint density at radius 3 is 1.87 bits per heavy atom. The van der Waals surface area contributed by atoms with Gasteiger partial charge >= 0.3 is 0 Å². The lowest BCUT2D eigenvalue weighted by Gasteiger charge is -2.36. The summed E-state index contributed by atoms with van der Waals surface area (Å²) in [5, 5.41) is 11.1. The van der Waals surface area contributed by atoms with Gasteiger partial charge in [-0.25, -0.2) is 0 Å². The summed E-state index contributed by atoms with van der Waals surface area (Å²) in [5.74, 6) is 0. The van der Waals surface area contributed by atoms with Crippen LogP contribution in [0.1, 0.15) is 58.4 Å². The van der Waals surface area contributed by atoms with Gasteiger partial charge in [-0.2, -0.15) is 0 Å². The Bertz CT molecular complexity index is 3500. The van der Waals surface area contributed by atoms with E-state index in [1.807, 2.05) is 29.5 Å². The Kier molecular flexibility index (Phi) is 9.86. The number of allylic oxidation sites excluding steroid dienone is 1. The Morgan fingerprint density at radius 2 is 1.14 bits per heavy atom. The maximum absolute atomic E-state index is 2.44. The molecule has 0 bridgehead atoms. The normalized spacial score (nSPS) is 13.5. The third-order valence-electron chi connectivity index (χ3n) is 13.1. The second-order valence-electron chi connectivity index (χ2n) is 17.8. The monoisotopic (exact) mass is 824 g/mol. The van der Waals surface area contributed by atoms with Crippen LogP contribution in [0.3, 0.4) is 0 Å². The minimum atomic E-state index is -0.0134. The topological polar surface area (TPSA) is 0 Å². The summed E-state index contributed by atoms with van der Waals surface area (Å²) in [4.78, 5) is 0. The smallest absolute Gasteiger partial charge is 0.0440 e. The van der Waals surface area contributed by atoms with E-state index in [1.165, 1.54) is 114 Å². The summed E-state index contributed by atoms with van der Waals surface area (Å²) in [7, 11) is 0. The van der Waals surface area contributed by atoms with E-state index in [1.54, 1.807) is 0 Å². The Balaban J connectivity index is 0.000000581. The number of thiophene rings is 1. The number of aryl methyl sites for hydroxylation is 1. The van der Waals surface area contributed by atoms with E-state index < -0.39 is 0 Å². The van der Waals surface area contributed by atoms with E-state index >= 15 is 0 Å². The third-order valence-corrected chi connectivity index (χ3v) is 14.3. The van der Waals surface area contributed by atoms with Gasteiger partial charge in [0.25, 0.3) is 0 Å². The zero-order valence-electron chi connectivity index (χ0n) is 36.0. The van der Waals surface area contributed by atoms with Gasteiger partial charge in [-0.15, -0.1) is 11.3 Å². The SMILES string of the molecule is CC1(C)Cc2c(c3cccc4c5sc6cc(C=C(Cc7ccccc7)c7ccccc7)ccc6c5c5cccc2c5c34)-c2ccc(/C=C/c3ccccc3)cc21.Cc1ccccc1. The summed E-state index contributed by atoms with van der Waals surface area (Å²) in [6, 6.07) is 70.9. The fourth-order valence-corrected chi connectivity index (χ4v) is 11.4. The number of fused-ring (bicyclic) bond motifs is 10. The van der Waals surface area contributed by atoms with E-state index in [0.29, 0.717) is 0 Å². The quantitative estimate of drug-likeness (QED) is 0.116. The lowest BCUT2D eigenvalue weighted by Crippen LogP contribution is -2.26. The van der Waals surface area contributed by atoms with Crippen LogP contribution in [0, 0.1) is 6.92 Å². The van der Waals surface area contributed by atoms with Gasteiger partial charge in [0.15, 0.2) is 0 Å². The molecule has 0 unspecified atom stereocenters. The van der Waals surface area contributed by atoms with Crippen LogP contribution in [0.4, 0.5) is 0 Å². The van der Waals surface area contributed by atoms with Crippen molar-refractivity contribution in [1.29, 1.82) is 0 Å². The molecule has 0 amide bonds. The van der Waals surface area contributed by atoms with Crippen LogP contribution >= 0.6 is 11.3 Å². The van der Waals surface area contributed by atoms with Crippen molar-refractivity contribution < 1.29 is 0 Å². The van der Waals surface area contributed by atoms with Gasteiger partial charge in [0, 0.05) is 25.6 Å². The van der Waals surface area contributed by atoms with Crippen molar-refractivity contribution in [3.05, 3.63) is 239 Å². The average Bonchev–Trinajstić information content (AvgIpc) is 3.71. The molecule has 0 nitrogen and oxygen atoms in total. The zero-order valence-corrected chi connectivity index (χ0v) is 36.8. The largest absolute Gasteiger partial charge is 0.134 e. The second kappa shape index (κ2) is 16.0. The number of hydrogen-bond acceptors (Lipinski definition) is 1. The first kappa shape index (κ1) is 38.8. The van der Waals surface area contributed by atoms with Gasteiger partial charge < -0.3 is 0 Å². The predicted octanol–water partition coefficient (Wildman–Crippen LogP) is 17.4. The van der Waals surface area contributed by atoms with E-state index in [-0.39, 0.29) is 5.41 Å². The molecule has 1 aliphatic rings. The molecule has 0 saturated carbocycles. The maximum Gasteiger partial charge on any atom is 0.0440 e. The average molecular weight is 825 g/mol. The van der Waals surface area contributed by atoms with Crippen LogP contribution in [-0.4, -0.2) is 0 Å². The number of hydrogen-bond donors (Lipinski definition) is 0. The Hall–Kier alpha value is -7.06. The van der Waals surface area contributed by atoms with E-state index in [0.717, 1.165) is 12.8 Å². The third kappa shape index (κ3) is 7.13. The van der Waals surface area contributed by atoms with Gasteiger partial charge in [-0.05, 0) is 114 Å². The molecular formula is C62H48S. The van der Waals surface area contributed by atoms with Gasteiger partial charge in [0.1, 0.15) is 0 Å². The van der Waals surface area contributed by atoms with Crippen LogP contribution in [0.2, 0.25) is 0 Å². The van der Waals surface area contributed by atoms with Crippen LogP contribution in [0.15, 0.2) is 194 Å². The fourth-order valence-electron chi connectivity index (χ4n) is 10.1. The Labute approximate surface area is 374 Å². The zero-order chi connectivity index (χ0) is 42.5. The molecule has 10 aromatic carbocycles. The lowest BCUT2D eigenvalue weighted by molar-refractivity contribution is 0.519. The highest BCUT2D eigenvalue weighted by Gasteiger charge is 2.34. The molecule has 0 spiro atoms. The maximum atomic E-state index is 2.44. The van der Waals surface area contributed by atoms with Crippen LogP contribution in [0.5, 0.6) is 0 Å². The first-order valence-electron chi connectivity index (χ1n) is 22.2. The van der Waals surface area contributed by atoms with Crippen molar-refractivity contribution >= 4 is 87.6 Å². The van der Waals surface area contributed by atoms with Crippen molar-refractivity contribution in [2.24, 2.45) is 0 Å². The molecule has 0 fully saturated rings. The summed E-state index contributed by atoms with van der Waals surface area (Å²) in [5.41, 5.74) is 14.7. The molecule has 1 heterocycles. The summed E-state index contributed by atoms with van der Waals surface area (Å²) in [6.07, 6.45) is 8.77. The number of benzene rings is 10. The van der Waals surface area contributed by atoms with E-state index in [9.17, 15) is 0 Å². The minimum Gasteiger partial charge on any atom is -0.134 e. The number of rotatable bonds is 6. The van der Waals surface area contributed by atoms with Crippen molar-refractivity contribution in [2.45, 2.75) is 39.0 Å². The molecule has 0 aliphatic heterocycles. The fraction of sp³-hybridized carbons (Fsp3) is 0.0968. The summed E-state index contributed by atoms with van der Waals surface area (Å²) < 4.78 is 2.72. The first-order chi connectivity index (χ1) is 30.9. The predicted molar refractivity (Wildman–Crippen MR) is 276 cm³/mol. The molecule has 0 atom stereocenters. The molecule has 302 valence electrons. The molecule has 0 saturated heterocycles. The van der Waals surface area contributed by atoms with Gasteiger partial charge in [-0.1, -0.05) is 226 Å². The molecule has 1 heteroatoms. The molecule has 1 aliphatic carbocycles. The highest BCUT2D eigenvalue weighted by atomic mass is 32.1. The lowest BCUT2D eigenvalue weighted by atomic mass is 9.67. The minimum absolute atomic E-state index is 0.0134. The first-order valence-corrected chi connectivity index (χ1v) is 23.0. The van der Waals surface area contributed by atoms with Gasteiger partial charge in [0.2, 0.25) is 0 Å². The molecule has 12 rings (SSSR count). The molecule has 0 radical (unpaired) electrons. The van der Waals surface area contributed by atoms with Crippen molar-refractivity contribution in [3.63, 3.8) is 0 Å². The standard InChI is InChI=1S/C55H40S.C7H8/c1-55(2)34-47-41-20-12-22-45-51(41)52-44(50(47)42-28-26-37(32-48(42)55)25-24-35-14-6-3-7-15-35)21-13-23-46(52)54-53(45)43-29-27-38(33-49(43)56-54)31-40(39-18-10-5-11-19-39)30-36-16-8-4-9-17-36;1-7-5-3-2-4-6-7/h3-29,31-33H,30,34H2,1-2H3;2-6H,1H3/b25-24+,40-31?;. The van der Waals surface area contributed by atoms with Crippen molar-refractivity contribution in [1.82, 2.24) is 0 Å².